The number of anilines is 6. The molecule has 0 atom stereocenters. The third-order valence-corrected chi connectivity index (χ3v) is 18.3. The van der Waals surface area contributed by atoms with Gasteiger partial charge in [-0.15, -0.1) is 0 Å². The molecule has 2 aliphatic carbocycles. The van der Waals surface area contributed by atoms with Crippen LogP contribution in [-0.4, -0.2) is 6.71 Å². The van der Waals surface area contributed by atoms with Gasteiger partial charge in [0.25, 0.3) is 6.71 Å². The van der Waals surface area contributed by atoms with Crippen LogP contribution in [-0.2, 0) is 32.5 Å². The number of benzene rings is 8. The SMILES string of the molecule is Cc1ccc(-c2ccccc2)cc1N1c2cc(-c3ccccc3)ccc2B2c3cc4c(cc3N(c3ccc(C(C)(C)C)cc3-c3ccc5c(c3)C(C)(C)CCC5(C)C)c3cc(C(C)(C)C)cc1c32)C(C)(C)CC4(C)C. The van der Waals surface area contributed by atoms with Crippen molar-refractivity contribution in [3.63, 3.8) is 0 Å². The van der Waals surface area contributed by atoms with E-state index in [2.05, 4.69) is 271 Å². The highest BCUT2D eigenvalue weighted by molar-refractivity contribution is 7.00. The zero-order valence-corrected chi connectivity index (χ0v) is 47.6. The van der Waals surface area contributed by atoms with Gasteiger partial charge in [0.1, 0.15) is 0 Å². The summed E-state index contributed by atoms with van der Waals surface area (Å²) in [6, 6.07) is 61.9. The molecule has 8 aromatic carbocycles. The van der Waals surface area contributed by atoms with Crippen LogP contribution in [0.5, 0.6) is 0 Å². The first-order valence-electron chi connectivity index (χ1n) is 28.0. The Balaban J connectivity index is 1.22. The number of hydrogen-bond acceptors (Lipinski definition) is 2. The van der Waals surface area contributed by atoms with Gasteiger partial charge in [-0.3, -0.25) is 0 Å². The van der Waals surface area contributed by atoms with Crippen molar-refractivity contribution in [3.8, 4) is 33.4 Å². The van der Waals surface area contributed by atoms with Gasteiger partial charge in [0.15, 0.2) is 0 Å². The largest absolute Gasteiger partial charge is 0.311 e. The summed E-state index contributed by atoms with van der Waals surface area (Å²) in [5.41, 5.74) is 28.9. The Hall–Kier alpha value is -6.58. The summed E-state index contributed by atoms with van der Waals surface area (Å²) in [6.07, 6.45) is 3.47. The molecular formula is C72H77BN2. The average molecular weight is 981 g/mol. The maximum atomic E-state index is 2.74. The molecule has 75 heavy (non-hydrogen) atoms. The standard InChI is InChI=1S/C72H77BN2/c1-45-26-27-48(46-22-18-16-19-23-46)37-61(45)75-62-38-49(47-24-20-17-21-25-47)29-32-58(62)73-59-42-56-57(72(14,15)44-71(56,12)13)43-63(59)74(64-40-52(68(5,6)7)41-65(75)66(64)73)60-33-30-51(67(2,3)4)39-53(60)50-28-31-54-55(36-50)70(10,11)35-34-69(54,8)9/h16-33,36-43H,34-35,44H2,1-15H3. The smallest absolute Gasteiger partial charge is 0.252 e. The van der Waals surface area contributed by atoms with Crippen LogP contribution in [0.3, 0.4) is 0 Å². The predicted molar refractivity (Wildman–Crippen MR) is 325 cm³/mol. The molecule has 0 fully saturated rings. The van der Waals surface area contributed by atoms with Crippen LogP contribution in [0.15, 0.2) is 158 Å². The number of hydrogen-bond donors (Lipinski definition) is 0. The Kier molecular flexibility index (Phi) is 11.0. The first-order valence-corrected chi connectivity index (χ1v) is 28.0. The molecule has 8 aromatic rings. The van der Waals surface area contributed by atoms with Gasteiger partial charge < -0.3 is 9.80 Å². The molecule has 0 bridgehead atoms. The van der Waals surface area contributed by atoms with Gasteiger partial charge in [0, 0.05) is 34.0 Å². The van der Waals surface area contributed by atoms with Crippen LogP contribution in [0.1, 0.15) is 155 Å². The van der Waals surface area contributed by atoms with Crippen LogP contribution < -0.4 is 26.2 Å². The highest BCUT2D eigenvalue weighted by atomic mass is 15.2. The molecule has 0 spiro atoms. The molecule has 12 rings (SSSR count). The summed E-state index contributed by atoms with van der Waals surface area (Å²) in [5, 5.41) is 0. The minimum atomic E-state index is -0.161. The molecule has 3 heteroatoms. The van der Waals surface area contributed by atoms with Crippen LogP contribution in [0.4, 0.5) is 34.1 Å². The van der Waals surface area contributed by atoms with E-state index in [0.717, 1.165) is 6.42 Å². The lowest BCUT2D eigenvalue weighted by atomic mass is 9.33. The zero-order valence-electron chi connectivity index (χ0n) is 47.6. The van der Waals surface area contributed by atoms with Gasteiger partial charge in [-0.2, -0.15) is 0 Å². The number of rotatable bonds is 5. The van der Waals surface area contributed by atoms with E-state index < -0.39 is 0 Å². The normalized spacial score (nSPS) is 17.5. The highest BCUT2D eigenvalue weighted by Gasteiger charge is 2.49. The first kappa shape index (κ1) is 49.3. The lowest BCUT2D eigenvalue weighted by molar-refractivity contribution is 0.332. The second-order valence-electron chi connectivity index (χ2n) is 27.7. The second-order valence-corrected chi connectivity index (χ2v) is 27.7. The molecule has 0 aromatic heterocycles. The van der Waals surface area contributed by atoms with Gasteiger partial charge in [-0.1, -0.05) is 212 Å². The Morgan fingerprint density at radius 2 is 0.880 bits per heavy atom. The topological polar surface area (TPSA) is 6.48 Å². The molecule has 0 saturated carbocycles. The van der Waals surface area contributed by atoms with Gasteiger partial charge in [-0.05, 0) is 184 Å². The third kappa shape index (κ3) is 7.96. The molecule has 2 aliphatic heterocycles. The number of nitrogens with zero attached hydrogens (tertiary/aromatic N) is 2. The molecule has 0 N–H and O–H groups in total. The van der Waals surface area contributed by atoms with E-state index >= 15 is 0 Å². The van der Waals surface area contributed by atoms with Crippen LogP contribution >= 0.6 is 0 Å². The minimum Gasteiger partial charge on any atom is -0.311 e. The Bertz CT molecular complexity index is 3610. The van der Waals surface area contributed by atoms with Crippen molar-refractivity contribution in [1.82, 2.24) is 0 Å². The monoisotopic (exact) mass is 981 g/mol. The second kappa shape index (κ2) is 16.7. The highest BCUT2D eigenvalue weighted by Crippen LogP contribution is 2.55. The van der Waals surface area contributed by atoms with Crippen LogP contribution in [0.25, 0.3) is 33.4 Å². The fraction of sp³-hybridized carbons (Fsp3) is 0.333. The van der Waals surface area contributed by atoms with E-state index in [0.29, 0.717) is 0 Å². The lowest BCUT2D eigenvalue weighted by Gasteiger charge is -2.46. The van der Waals surface area contributed by atoms with Crippen molar-refractivity contribution >= 4 is 57.2 Å². The van der Waals surface area contributed by atoms with Crippen molar-refractivity contribution in [2.24, 2.45) is 0 Å². The summed E-state index contributed by atoms with van der Waals surface area (Å²) < 4.78 is 0. The molecule has 0 saturated heterocycles. The van der Waals surface area contributed by atoms with Crippen molar-refractivity contribution in [2.75, 3.05) is 9.80 Å². The fourth-order valence-electron chi connectivity index (χ4n) is 14.1. The summed E-state index contributed by atoms with van der Waals surface area (Å²) in [5.74, 6) is 0. The number of fused-ring (bicyclic) bond motifs is 6. The van der Waals surface area contributed by atoms with E-state index in [-0.39, 0.29) is 39.2 Å². The summed E-state index contributed by atoms with van der Waals surface area (Å²) in [7, 11) is 0. The van der Waals surface area contributed by atoms with E-state index in [1.165, 1.54) is 136 Å². The maximum Gasteiger partial charge on any atom is 0.252 e. The quantitative estimate of drug-likeness (QED) is 0.159. The lowest BCUT2D eigenvalue weighted by Crippen LogP contribution is -2.61. The molecule has 0 amide bonds. The van der Waals surface area contributed by atoms with Gasteiger partial charge in [-0.25, -0.2) is 0 Å². The molecule has 4 aliphatic rings. The van der Waals surface area contributed by atoms with Gasteiger partial charge in [0.05, 0.1) is 5.69 Å². The third-order valence-electron chi connectivity index (χ3n) is 18.3. The first-order chi connectivity index (χ1) is 35.3. The molecule has 2 nitrogen and oxygen atoms in total. The fourth-order valence-corrected chi connectivity index (χ4v) is 14.1. The zero-order chi connectivity index (χ0) is 52.9. The summed E-state index contributed by atoms with van der Waals surface area (Å²) >= 11 is 0. The van der Waals surface area contributed by atoms with E-state index in [1.54, 1.807) is 0 Å². The van der Waals surface area contributed by atoms with Crippen molar-refractivity contribution in [1.29, 1.82) is 0 Å². The molecule has 378 valence electrons. The Labute approximate surface area is 450 Å². The van der Waals surface area contributed by atoms with Crippen molar-refractivity contribution < 1.29 is 0 Å². The predicted octanol–water partition coefficient (Wildman–Crippen LogP) is 18.0. The summed E-state index contributed by atoms with van der Waals surface area (Å²) in [4.78, 5) is 5.40. The molecule has 0 radical (unpaired) electrons. The van der Waals surface area contributed by atoms with Crippen molar-refractivity contribution in [3.05, 3.63) is 197 Å². The Morgan fingerprint density at radius 3 is 1.48 bits per heavy atom. The van der Waals surface area contributed by atoms with Crippen LogP contribution in [0, 0.1) is 6.92 Å². The van der Waals surface area contributed by atoms with E-state index in [4.69, 9.17) is 0 Å². The average Bonchev–Trinajstić information content (AvgIpc) is 3.60. The van der Waals surface area contributed by atoms with Gasteiger partial charge >= 0.3 is 0 Å². The van der Waals surface area contributed by atoms with Gasteiger partial charge in [0.2, 0.25) is 0 Å². The number of aryl methyl sites for hydroxylation is 1. The molecular weight excluding hydrogens is 904 g/mol. The molecule has 2 heterocycles. The van der Waals surface area contributed by atoms with E-state index in [1.807, 2.05) is 0 Å². The maximum absolute atomic E-state index is 2.74. The minimum absolute atomic E-state index is 0.00117. The Morgan fingerprint density at radius 1 is 0.373 bits per heavy atom. The van der Waals surface area contributed by atoms with E-state index in [9.17, 15) is 0 Å². The summed E-state index contributed by atoms with van der Waals surface area (Å²) in [6.45, 7) is 36.3. The van der Waals surface area contributed by atoms with Crippen LogP contribution in [0.2, 0.25) is 0 Å². The molecule has 0 unspecified atom stereocenters. The van der Waals surface area contributed by atoms with Crippen molar-refractivity contribution in [2.45, 2.75) is 156 Å².